The van der Waals surface area contributed by atoms with Gasteiger partial charge < -0.3 is 15.3 Å². The maximum absolute atomic E-state index is 11.7. The number of pyridine rings is 1. The highest BCUT2D eigenvalue weighted by Gasteiger charge is 2.12. The highest BCUT2D eigenvalue weighted by Crippen LogP contribution is 2.35. The monoisotopic (exact) mass is 273 g/mol. The number of benzene rings is 1. The molecule has 2 aromatic rings. The first-order valence-electron chi connectivity index (χ1n) is 5.56. The lowest BCUT2D eigenvalue weighted by atomic mass is 10.2. The van der Waals surface area contributed by atoms with Gasteiger partial charge in [-0.1, -0.05) is 0 Å². The van der Waals surface area contributed by atoms with Crippen molar-refractivity contribution in [3.8, 4) is 17.2 Å². The normalized spacial score (nSPS) is 10.6. The summed E-state index contributed by atoms with van der Waals surface area (Å²) in [5.41, 5.74) is 2.94. The maximum Gasteiger partial charge on any atom is 0.271 e. The molecular weight excluding hydrogens is 262 g/mol. The third-order valence-corrected chi connectivity index (χ3v) is 2.42. The van der Waals surface area contributed by atoms with Crippen LogP contribution in [0.1, 0.15) is 15.9 Å². The van der Waals surface area contributed by atoms with E-state index < -0.39 is 23.2 Å². The Hall–Kier alpha value is -3.09. The SMILES string of the molecule is O=C(NN=Cc1ccncc1)c1cc(O)c(O)c(O)c1. The van der Waals surface area contributed by atoms with Gasteiger partial charge in [-0.15, -0.1) is 0 Å². The Bertz CT molecular complexity index is 633. The first kappa shape index (κ1) is 13.3. The van der Waals surface area contributed by atoms with Crippen molar-refractivity contribution in [2.24, 2.45) is 5.10 Å². The van der Waals surface area contributed by atoms with Crippen LogP contribution in [0.25, 0.3) is 0 Å². The number of hydrazone groups is 1. The van der Waals surface area contributed by atoms with E-state index in [-0.39, 0.29) is 5.56 Å². The number of amides is 1. The molecule has 7 heteroatoms. The molecule has 4 N–H and O–H groups in total. The van der Waals surface area contributed by atoms with Crippen molar-refractivity contribution in [3.05, 3.63) is 47.8 Å². The third kappa shape index (κ3) is 3.02. The second kappa shape index (κ2) is 5.70. The van der Waals surface area contributed by atoms with E-state index in [1.807, 2.05) is 0 Å². The molecule has 1 aromatic heterocycles. The topological polar surface area (TPSA) is 115 Å². The fourth-order valence-corrected chi connectivity index (χ4v) is 1.41. The fraction of sp³-hybridized carbons (Fsp3) is 0. The van der Waals surface area contributed by atoms with Crippen LogP contribution in [0.5, 0.6) is 17.2 Å². The van der Waals surface area contributed by atoms with Crippen molar-refractivity contribution >= 4 is 12.1 Å². The second-order valence-corrected chi connectivity index (χ2v) is 3.84. The fourth-order valence-electron chi connectivity index (χ4n) is 1.41. The number of hydrogen-bond acceptors (Lipinski definition) is 6. The summed E-state index contributed by atoms with van der Waals surface area (Å²) in [5, 5.41) is 31.5. The molecule has 102 valence electrons. The Morgan fingerprint density at radius 2 is 1.75 bits per heavy atom. The van der Waals surface area contributed by atoms with E-state index in [2.05, 4.69) is 15.5 Å². The van der Waals surface area contributed by atoms with Crippen molar-refractivity contribution in [1.82, 2.24) is 10.4 Å². The average Bonchev–Trinajstić information content (AvgIpc) is 2.45. The van der Waals surface area contributed by atoms with E-state index in [0.29, 0.717) is 0 Å². The molecule has 1 amide bonds. The van der Waals surface area contributed by atoms with Crippen LogP contribution in [0.4, 0.5) is 0 Å². The van der Waals surface area contributed by atoms with Crippen LogP contribution in [0.3, 0.4) is 0 Å². The van der Waals surface area contributed by atoms with Crippen molar-refractivity contribution in [1.29, 1.82) is 0 Å². The quantitative estimate of drug-likeness (QED) is 0.378. The minimum Gasteiger partial charge on any atom is -0.504 e. The first-order chi connectivity index (χ1) is 9.58. The molecule has 0 aliphatic carbocycles. The van der Waals surface area contributed by atoms with Crippen molar-refractivity contribution in [2.75, 3.05) is 0 Å². The van der Waals surface area contributed by atoms with Gasteiger partial charge in [-0.2, -0.15) is 5.10 Å². The number of aromatic nitrogens is 1. The van der Waals surface area contributed by atoms with Gasteiger partial charge >= 0.3 is 0 Å². The molecule has 0 atom stereocenters. The molecule has 0 aliphatic heterocycles. The zero-order valence-corrected chi connectivity index (χ0v) is 10.2. The number of rotatable bonds is 3. The Labute approximate surface area is 113 Å². The summed E-state index contributed by atoms with van der Waals surface area (Å²) in [4.78, 5) is 15.5. The number of aromatic hydroxyl groups is 3. The molecule has 7 nitrogen and oxygen atoms in total. The smallest absolute Gasteiger partial charge is 0.271 e. The number of nitrogens with one attached hydrogen (secondary N) is 1. The Kier molecular flexibility index (Phi) is 3.80. The minimum atomic E-state index is -0.679. The molecule has 0 spiro atoms. The Morgan fingerprint density at radius 1 is 1.15 bits per heavy atom. The van der Waals surface area contributed by atoms with Crippen LogP contribution in [0.2, 0.25) is 0 Å². The van der Waals surface area contributed by atoms with Crippen LogP contribution >= 0.6 is 0 Å². The number of carbonyl (C=O) groups is 1. The standard InChI is InChI=1S/C13H11N3O4/c17-10-5-9(6-11(18)12(10)19)13(20)16-15-7-8-1-3-14-4-2-8/h1-7,17-19H,(H,16,20). The molecule has 0 fully saturated rings. The molecule has 0 saturated carbocycles. The summed E-state index contributed by atoms with van der Waals surface area (Å²) in [5.74, 6) is -2.50. The average molecular weight is 273 g/mol. The van der Waals surface area contributed by atoms with Gasteiger partial charge in [0.15, 0.2) is 17.2 Å². The first-order valence-corrected chi connectivity index (χ1v) is 5.56. The van der Waals surface area contributed by atoms with E-state index in [9.17, 15) is 20.1 Å². The van der Waals surface area contributed by atoms with Crippen molar-refractivity contribution < 1.29 is 20.1 Å². The van der Waals surface area contributed by atoms with Crippen LogP contribution in [0, 0.1) is 0 Å². The molecule has 0 aliphatic rings. The van der Waals surface area contributed by atoms with Gasteiger partial charge in [0.05, 0.1) is 6.21 Å². The predicted octanol–water partition coefficient (Wildman–Crippen LogP) is 0.962. The van der Waals surface area contributed by atoms with E-state index in [1.54, 1.807) is 24.5 Å². The lowest BCUT2D eigenvalue weighted by Crippen LogP contribution is -2.17. The molecule has 2 rings (SSSR count). The summed E-state index contributed by atoms with van der Waals surface area (Å²) < 4.78 is 0. The molecule has 0 bridgehead atoms. The van der Waals surface area contributed by atoms with Crippen LogP contribution in [0.15, 0.2) is 41.8 Å². The van der Waals surface area contributed by atoms with Crippen molar-refractivity contribution in [3.63, 3.8) is 0 Å². The largest absolute Gasteiger partial charge is 0.504 e. The number of phenols is 3. The van der Waals surface area contributed by atoms with Crippen molar-refractivity contribution in [2.45, 2.75) is 0 Å². The number of carbonyl (C=O) groups excluding carboxylic acids is 1. The van der Waals surface area contributed by atoms with E-state index in [4.69, 9.17) is 0 Å². The molecule has 20 heavy (non-hydrogen) atoms. The molecular formula is C13H11N3O4. The van der Waals surface area contributed by atoms with E-state index in [0.717, 1.165) is 17.7 Å². The summed E-state index contributed by atoms with van der Waals surface area (Å²) in [7, 11) is 0. The maximum atomic E-state index is 11.7. The number of phenolic OH excluding ortho intramolecular Hbond substituents is 3. The van der Waals surface area contributed by atoms with Gasteiger partial charge in [0.2, 0.25) is 0 Å². The van der Waals surface area contributed by atoms with Gasteiger partial charge in [0, 0.05) is 18.0 Å². The van der Waals surface area contributed by atoms with Crippen LogP contribution in [-0.4, -0.2) is 32.4 Å². The Morgan fingerprint density at radius 3 is 2.35 bits per heavy atom. The highest BCUT2D eigenvalue weighted by molar-refractivity contribution is 5.96. The summed E-state index contributed by atoms with van der Waals surface area (Å²) in [6.07, 6.45) is 4.58. The summed E-state index contributed by atoms with van der Waals surface area (Å²) in [6, 6.07) is 5.44. The zero-order valence-electron chi connectivity index (χ0n) is 10.2. The lowest BCUT2D eigenvalue weighted by Gasteiger charge is -2.04. The second-order valence-electron chi connectivity index (χ2n) is 3.84. The Balaban J connectivity index is 2.08. The van der Waals surface area contributed by atoms with E-state index >= 15 is 0 Å². The van der Waals surface area contributed by atoms with Crippen LogP contribution < -0.4 is 5.43 Å². The minimum absolute atomic E-state index is 0.0373. The van der Waals surface area contributed by atoms with E-state index in [1.165, 1.54) is 6.21 Å². The third-order valence-electron chi connectivity index (χ3n) is 2.42. The molecule has 0 saturated heterocycles. The van der Waals surface area contributed by atoms with Gasteiger partial charge in [-0.05, 0) is 29.8 Å². The van der Waals surface area contributed by atoms with Gasteiger partial charge in [0.25, 0.3) is 5.91 Å². The van der Waals surface area contributed by atoms with Gasteiger partial charge in [0.1, 0.15) is 0 Å². The molecule has 0 unspecified atom stereocenters. The summed E-state index contributed by atoms with van der Waals surface area (Å²) in [6.45, 7) is 0. The van der Waals surface area contributed by atoms with Gasteiger partial charge in [-0.25, -0.2) is 5.43 Å². The molecule has 1 aromatic carbocycles. The zero-order chi connectivity index (χ0) is 14.5. The predicted molar refractivity (Wildman–Crippen MR) is 70.7 cm³/mol. The molecule has 0 radical (unpaired) electrons. The molecule has 1 heterocycles. The van der Waals surface area contributed by atoms with Crippen LogP contribution in [-0.2, 0) is 0 Å². The summed E-state index contributed by atoms with van der Waals surface area (Å²) >= 11 is 0. The number of nitrogens with zero attached hydrogens (tertiary/aromatic N) is 2. The number of hydrogen-bond donors (Lipinski definition) is 4. The highest BCUT2D eigenvalue weighted by atomic mass is 16.3. The lowest BCUT2D eigenvalue weighted by molar-refractivity contribution is 0.0954. The van der Waals surface area contributed by atoms with Gasteiger partial charge in [-0.3, -0.25) is 9.78 Å².